The molecule has 1 saturated carbocycles. The Labute approximate surface area is 162 Å². The highest BCUT2D eigenvalue weighted by molar-refractivity contribution is 14.0. The number of guanidine groups is 1. The fourth-order valence-corrected chi connectivity index (χ4v) is 3.30. The Bertz CT molecular complexity index is 538. The van der Waals surface area contributed by atoms with Crippen molar-refractivity contribution in [3.63, 3.8) is 0 Å². The molecule has 0 unspecified atom stereocenters. The summed E-state index contributed by atoms with van der Waals surface area (Å²) >= 11 is 0. The van der Waals surface area contributed by atoms with Crippen LogP contribution >= 0.6 is 24.0 Å². The minimum absolute atomic E-state index is 0. The van der Waals surface area contributed by atoms with Crippen LogP contribution in [0.5, 0.6) is 5.88 Å². The van der Waals surface area contributed by atoms with Gasteiger partial charge in [-0.3, -0.25) is 0 Å². The molecule has 1 aromatic heterocycles. The number of piperidine rings is 1. The van der Waals surface area contributed by atoms with Gasteiger partial charge >= 0.3 is 0 Å². The average Bonchev–Trinajstić information content (AvgIpc) is 3.07. The molecule has 1 aliphatic heterocycles. The van der Waals surface area contributed by atoms with Crippen molar-refractivity contribution in [2.45, 2.75) is 58.1 Å². The van der Waals surface area contributed by atoms with Crippen molar-refractivity contribution >= 4 is 29.9 Å². The van der Waals surface area contributed by atoms with Crippen molar-refractivity contribution in [1.82, 2.24) is 9.88 Å². The van der Waals surface area contributed by atoms with Crippen LogP contribution in [0.25, 0.3) is 0 Å². The van der Waals surface area contributed by atoms with E-state index in [-0.39, 0.29) is 24.0 Å². The highest BCUT2D eigenvalue weighted by Gasteiger charge is 2.18. The zero-order valence-electron chi connectivity index (χ0n) is 14.5. The lowest BCUT2D eigenvalue weighted by atomic mass is 10.00. The first-order chi connectivity index (χ1) is 11.2. The summed E-state index contributed by atoms with van der Waals surface area (Å²) < 4.78 is 5.95. The Balaban J connectivity index is 0.00000208. The number of likely N-dealkylation sites (tertiary alicyclic amines) is 1. The van der Waals surface area contributed by atoms with Gasteiger partial charge in [0.2, 0.25) is 5.88 Å². The Hall–Kier alpha value is -1.05. The van der Waals surface area contributed by atoms with Crippen LogP contribution in [0, 0.1) is 5.92 Å². The Morgan fingerprint density at radius 3 is 2.71 bits per heavy atom. The summed E-state index contributed by atoms with van der Waals surface area (Å²) in [6.45, 7) is 4.92. The van der Waals surface area contributed by atoms with E-state index in [1.54, 1.807) is 6.20 Å². The van der Waals surface area contributed by atoms with E-state index in [0.717, 1.165) is 43.3 Å². The van der Waals surface area contributed by atoms with Crippen molar-refractivity contribution in [3.05, 3.63) is 23.9 Å². The molecule has 0 aromatic carbocycles. The molecular weight excluding hydrogens is 415 g/mol. The lowest BCUT2D eigenvalue weighted by molar-refractivity contribution is 0.201. The van der Waals surface area contributed by atoms with Gasteiger partial charge in [0.05, 0.1) is 6.54 Å². The summed E-state index contributed by atoms with van der Waals surface area (Å²) in [5, 5.41) is 0. The second-order valence-electron chi connectivity index (χ2n) is 6.87. The van der Waals surface area contributed by atoms with E-state index < -0.39 is 0 Å². The maximum Gasteiger partial charge on any atom is 0.213 e. The van der Waals surface area contributed by atoms with Crippen LogP contribution in [-0.2, 0) is 6.54 Å². The predicted molar refractivity (Wildman–Crippen MR) is 108 cm³/mol. The number of pyridine rings is 1. The molecule has 0 radical (unpaired) electrons. The summed E-state index contributed by atoms with van der Waals surface area (Å²) in [5.41, 5.74) is 7.24. The maximum absolute atomic E-state index is 6.14. The first-order valence-corrected chi connectivity index (χ1v) is 8.87. The number of aromatic nitrogens is 1. The Morgan fingerprint density at radius 1 is 1.29 bits per heavy atom. The summed E-state index contributed by atoms with van der Waals surface area (Å²) in [6, 6.07) is 3.98. The molecular formula is C18H29IN4O. The molecule has 0 atom stereocenters. The molecule has 134 valence electrons. The molecule has 5 nitrogen and oxygen atoms in total. The van der Waals surface area contributed by atoms with Gasteiger partial charge in [-0.1, -0.05) is 6.92 Å². The van der Waals surface area contributed by atoms with E-state index in [1.807, 2.05) is 12.1 Å². The first-order valence-electron chi connectivity index (χ1n) is 8.87. The third-order valence-corrected chi connectivity index (χ3v) is 4.92. The number of ether oxygens (including phenoxy) is 1. The van der Waals surface area contributed by atoms with Crippen LogP contribution in [-0.4, -0.2) is 35.0 Å². The average molecular weight is 444 g/mol. The minimum Gasteiger partial charge on any atom is -0.474 e. The van der Waals surface area contributed by atoms with Crippen LogP contribution in [0.1, 0.15) is 51.0 Å². The normalized spacial score (nSPS) is 20.0. The van der Waals surface area contributed by atoms with E-state index in [2.05, 4.69) is 21.8 Å². The van der Waals surface area contributed by atoms with Gasteiger partial charge in [0.1, 0.15) is 6.10 Å². The molecule has 0 spiro atoms. The lowest BCUT2D eigenvalue weighted by Gasteiger charge is -2.31. The van der Waals surface area contributed by atoms with Crippen LogP contribution in [0.4, 0.5) is 0 Å². The summed E-state index contributed by atoms with van der Waals surface area (Å²) in [7, 11) is 0. The number of hydrogen-bond acceptors (Lipinski definition) is 3. The van der Waals surface area contributed by atoms with Gasteiger partial charge in [0.15, 0.2) is 5.96 Å². The molecule has 3 rings (SSSR count). The zero-order chi connectivity index (χ0) is 16.1. The topological polar surface area (TPSA) is 63.7 Å². The number of rotatable bonds is 4. The standard InChI is InChI=1S/C18H28N4O.HI/c1-14-7-10-22(11-8-14)18(19)21-13-15-6-9-20-17(12-15)23-16-4-2-3-5-16;/h6,9,12,14,16H,2-5,7-8,10-11,13H2,1H3,(H2,19,21);1H. The Kier molecular flexibility index (Phi) is 7.58. The molecule has 2 N–H and O–H groups in total. The van der Waals surface area contributed by atoms with Crippen molar-refractivity contribution in [2.24, 2.45) is 16.6 Å². The van der Waals surface area contributed by atoms with Gasteiger partial charge < -0.3 is 15.4 Å². The molecule has 24 heavy (non-hydrogen) atoms. The van der Waals surface area contributed by atoms with E-state index in [9.17, 15) is 0 Å². The number of nitrogens with two attached hydrogens (primary N) is 1. The van der Waals surface area contributed by atoms with Crippen molar-refractivity contribution < 1.29 is 4.74 Å². The van der Waals surface area contributed by atoms with Crippen LogP contribution in [0.3, 0.4) is 0 Å². The largest absolute Gasteiger partial charge is 0.474 e. The molecule has 0 bridgehead atoms. The smallest absolute Gasteiger partial charge is 0.213 e. The molecule has 1 saturated heterocycles. The summed E-state index contributed by atoms with van der Waals surface area (Å²) in [6.07, 6.45) is 9.35. The molecule has 1 aromatic rings. The van der Waals surface area contributed by atoms with Gasteiger partial charge in [-0.15, -0.1) is 24.0 Å². The van der Waals surface area contributed by atoms with Gasteiger partial charge in [-0.2, -0.15) is 0 Å². The van der Waals surface area contributed by atoms with Gasteiger partial charge in [-0.05, 0) is 56.1 Å². The van der Waals surface area contributed by atoms with Crippen LogP contribution in [0.15, 0.2) is 23.3 Å². The monoisotopic (exact) mass is 444 g/mol. The van der Waals surface area contributed by atoms with Crippen molar-refractivity contribution in [1.29, 1.82) is 0 Å². The first kappa shape index (κ1) is 19.3. The minimum atomic E-state index is 0. The summed E-state index contributed by atoms with van der Waals surface area (Å²) in [4.78, 5) is 11.1. The fourth-order valence-electron chi connectivity index (χ4n) is 3.30. The van der Waals surface area contributed by atoms with Crippen LogP contribution < -0.4 is 10.5 Å². The molecule has 6 heteroatoms. The van der Waals surface area contributed by atoms with Crippen molar-refractivity contribution in [2.75, 3.05) is 13.1 Å². The number of nitrogens with zero attached hydrogens (tertiary/aromatic N) is 3. The number of hydrogen-bond donors (Lipinski definition) is 1. The van der Waals surface area contributed by atoms with Gasteiger partial charge in [0, 0.05) is 25.4 Å². The molecule has 1 aliphatic carbocycles. The highest BCUT2D eigenvalue weighted by Crippen LogP contribution is 2.23. The number of halogens is 1. The predicted octanol–water partition coefficient (Wildman–Crippen LogP) is 3.57. The fraction of sp³-hybridized carbons (Fsp3) is 0.667. The molecule has 2 fully saturated rings. The second kappa shape index (κ2) is 9.44. The van der Waals surface area contributed by atoms with Gasteiger partial charge in [0.25, 0.3) is 0 Å². The lowest BCUT2D eigenvalue weighted by Crippen LogP contribution is -2.42. The van der Waals surface area contributed by atoms with E-state index in [0.29, 0.717) is 18.6 Å². The highest BCUT2D eigenvalue weighted by atomic mass is 127. The third-order valence-electron chi connectivity index (χ3n) is 4.92. The zero-order valence-corrected chi connectivity index (χ0v) is 16.8. The molecule has 0 amide bonds. The van der Waals surface area contributed by atoms with E-state index in [1.165, 1.54) is 25.7 Å². The SMILES string of the molecule is CC1CCN(C(N)=NCc2ccnc(OC3CCCC3)c2)CC1.I. The third kappa shape index (κ3) is 5.50. The van der Waals surface area contributed by atoms with Crippen molar-refractivity contribution in [3.8, 4) is 5.88 Å². The Morgan fingerprint density at radius 2 is 2.00 bits per heavy atom. The summed E-state index contributed by atoms with van der Waals surface area (Å²) in [5.74, 6) is 2.18. The number of aliphatic imine (C=N–C) groups is 1. The maximum atomic E-state index is 6.14. The quantitative estimate of drug-likeness (QED) is 0.438. The van der Waals surface area contributed by atoms with E-state index >= 15 is 0 Å². The molecule has 2 heterocycles. The van der Waals surface area contributed by atoms with Gasteiger partial charge in [-0.25, -0.2) is 9.98 Å². The van der Waals surface area contributed by atoms with Crippen LogP contribution in [0.2, 0.25) is 0 Å². The second-order valence-corrected chi connectivity index (χ2v) is 6.87. The molecule has 2 aliphatic rings. The van der Waals surface area contributed by atoms with E-state index in [4.69, 9.17) is 10.5 Å².